The minimum Gasteiger partial charge on any atom is -0.431 e. The molecule has 0 aliphatic carbocycles. The van der Waals surface area contributed by atoms with Gasteiger partial charge in [-0.25, -0.2) is 0 Å². The minimum absolute atomic E-state index is 0.558. The summed E-state index contributed by atoms with van der Waals surface area (Å²) in [6.45, 7) is 11.0. The third kappa shape index (κ3) is 3.10. The average molecular weight is 202 g/mol. The summed E-state index contributed by atoms with van der Waals surface area (Å²) in [6, 6.07) is 1.08. The van der Waals surface area contributed by atoms with Crippen LogP contribution in [0.4, 0.5) is 0 Å². The van der Waals surface area contributed by atoms with Crippen LogP contribution < -0.4 is 0 Å². The third-order valence-electron chi connectivity index (χ3n) is 3.58. The molecule has 0 saturated carbocycles. The van der Waals surface area contributed by atoms with Gasteiger partial charge in [-0.15, -0.1) is 0 Å². The summed E-state index contributed by atoms with van der Waals surface area (Å²) in [7, 11) is -1.96. The Kier molecular flexibility index (Phi) is 5.89. The predicted molar refractivity (Wildman–Crippen MR) is 62.5 cm³/mol. The Labute approximate surface area is 84.7 Å². The monoisotopic (exact) mass is 202 g/mol. The molecule has 0 bridgehead atoms. The summed E-state index contributed by atoms with van der Waals surface area (Å²) in [4.78, 5) is 10.7. The Morgan fingerprint density at radius 3 is 1.62 bits per heavy atom. The second-order valence-corrected chi connectivity index (χ2v) is 8.81. The van der Waals surface area contributed by atoms with Crippen molar-refractivity contribution in [3.05, 3.63) is 0 Å². The van der Waals surface area contributed by atoms with Crippen molar-refractivity contribution < 1.29 is 4.80 Å². The second-order valence-electron chi connectivity index (χ2n) is 4.36. The molecule has 0 amide bonds. The lowest BCUT2D eigenvalue weighted by atomic mass is 10.3. The molecule has 0 aliphatic rings. The van der Waals surface area contributed by atoms with Crippen molar-refractivity contribution in [3.8, 4) is 0 Å². The van der Waals surface area contributed by atoms with Crippen molar-refractivity contribution in [2.24, 2.45) is 0 Å². The molecule has 0 aromatic carbocycles. The van der Waals surface area contributed by atoms with E-state index in [2.05, 4.69) is 34.6 Å². The fraction of sp³-hybridized carbons (Fsp3) is 1.00. The van der Waals surface area contributed by atoms with Crippen LogP contribution in [-0.2, 0) is 0 Å². The Balaban J connectivity index is 4.50. The lowest BCUT2D eigenvalue weighted by molar-refractivity contribution is 0.469. The summed E-state index contributed by atoms with van der Waals surface area (Å²) < 4.78 is 0. The van der Waals surface area contributed by atoms with Gasteiger partial charge in [-0.1, -0.05) is 53.9 Å². The van der Waals surface area contributed by atoms with Gasteiger partial charge >= 0.3 is 0 Å². The van der Waals surface area contributed by atoms with E-state index in [0.717, 1.165) is 25.3 Å². The van der Waals surface area contributed by atoms with Crippen LogP contribution in [0.3, 0.4) is 0 Å². The molecule has 1 nitrogen and oxygen atoms in total. The first kappa shape index (κ1) is 13.2. The predicted octanol–water partition coefficient (Wildman–Crippen LogP) is 3.93. The lowest BCUT2D eigenvalue weighted by Crippen LogP contribution is -2.42. The molecule has 2 heteroatoms. The van der Waals surface area contributed by atoms with E-state index >= 15 is 0 Å². The topological polar surface area (TPSA) is 20.2 Å². The van der Waals surface area contributed by atoms with Crippen molar-refractivity contribution in [1.82, 2.24) is 0 Å². The zero-order valence-corrected chi connectivity index (χ0v) is 10.9. The highest BCUT2D eigenvalue weighted by atomic mass is 28.4. The zero-order chi connectivity index (χ0) is 10.5. The van der Waals surface area contributed by atoms with Crippen molar-refractivity contribution in [2.45, 2.75) is 71.0 Å². The zero-order valence-electron chi connectivity index (χ0n) is 9.93. The third-order valence-corrected chi connectivity index (χ3v) is 9.11. The van der Waals surface area contributed by atoms with Crippen LogP contribution in [-0.4, -0.2) is 13.1 Å². The molecule has 0 fully saturated rings. The van der Waals surface area contributed by atoms with E-state index in [1.54, 1.807) is 0 Å². The number of hydrogen-bond donors (Lipinski definition) is 1. The van der Waals surface area contributed by atoms with Gasteiger partial charge in [0.1, 0.15) is 0 Å². The molecular weight excluding hydrogens is 176 g/mol. The van der Waals surface area contributed by atoms with Gasteiger partial charge in [0.05, 0.1) is 0 Å². The molecule has 0 saturated heterocycles. The fourth-order valence-electron chi connectivity index (χ4n) is 2.09. The van der Waals surface area contributed by atoms with Crippen LogP contribution in [0.15, 0.2) is 0 Å². The molecular formula is C11H26OSi. The van der Waals surface area contributed by atoms with E-state index in [-0.39, 0.29) is 0 Å². The highest BCUT2D eigenvalue weighted by molar-refractivity contribution is 6.75. The molecule has 0 rings (SSSR count). The summed E-state index contributed by atoms with van der Waals surface area (Å²) in [5.74, 6) is 0. The largest absolute Gasteiger partial charge is 0.431 e. The Bertz CT molecular complexity index is 126. The lowest BCUT2D eigenvalue weighted by Gasteiger charge is -2.36. The molecule has 0 aromatic heterocycles. The van der Waals surface area contributed by atoms with Crippen LogP contribution in [0.2, 0.25) is 17.1 Å². The van der Waals surface area contributed by atoms with E-state index in [4.69, 9.17) is 0 Å². The van der Waals surface area contributed by atoms with Gasteiger partial charge in [0.2, 0.25) is 0 Å². The molecule has 0 aromatic rings. The first-order valence-corrected chi connectivity index (χ1v) is 8.06. The molecule has 80 valence electrons. The average Bonchev–Trinajstić information content (AvgIpc) is 2.15. The standard InChI is InChI=1S/C11H26OSi/c1-6-9-13(12,10(4)7-2)11(5)8-3/h10-12H,6-9H2,1-5H3. The molecule has 0 radical (unpaired) electrons. The Morgan fingerprint density at radius 2 is 1.38 bits per heavy atom. The van der Waals surface area contributed by atoms with Crippen LogP contribution in [0.25, 0.3) is 0 Å². The van der Waals surface area contributed by atoms with Crippen LogP contribution in [0, 0.1) is 0 Å². The van der Waals surface area contributed by atoms with Gasteiger partial charge in [-0.3, -0.25) is 0 Å². The van der Waals surface area contributed by atoms with Crippen molar-refractivity contribution in [1.29, 1.82) is 0 Å². The SMILES string of the molecule is CCC[Si](O)(C(C)CC)C(C)CC. The maximum absolute atomic E-state index is 10.7. The van der Waals surface area contributed by atoms with E-state index in [9.17, 15) is 4.80 Å². The molecule has 1 N–H and O–H groups in total. The Morgan fingerprint density at radius 1 is 1.00 bits per heavy atom. The first-order chi connectivity index (χ1) is 6.02. The highest BCUT2D eigenvalue weighted by Crippen LogP contribution is 2.38. The molecule has 13 heavy (non-hydrogen) atoms. The summed E-state index contributed by atoms with van der Waals surface area (Å²) in [6.07, 6.45) is 3.40. The first-order valence-electron chi connectivity index (χ1n) is 5.75. The molecule has 2 unspecified atom stereocenters. The quantitative estimate of drug-likeness (QED) is 0.647. The number of rotatable bonds is 6. The van der Waals surface area contributed by atoms with Gasteiger partial charge < -0.3 is 4.80 Å². The fourth-order valence-corrected chi connectivity index (χ4v) is 6.26. The summed E-state index contributed by atoms with van der Waals surface area (Å²) in [5, 5.41) is 0. The number of hydrogen-bond acceptors (Lipinski definition) is 1. The van der Waals surface area contributed by atoms with Crippen LogP contribution in [0.5, 0.6) is 0 Å². The van der Waals surface area contributed by atoms with E-state index in [0.29, 0.717) is 11.1 Å². The minimum atomic E-state index is -1.96. The summed E-state index contributed by atoms with van der Waals surface area (Å²) >= 11 is 0. The Hall–Kier alpha value is 0.177. The smallest absolute Gasteiger partial charge is 0.194 e. The molecule has 0 aliphatic heterocycles. The highest BCUT2D eigenvalue weighted by Gasteiger charge is 2.39. The van der Waals surface area contributed by atoms with Crippen LogP contribution in [0.1, 0.15) is 53.9 Å². The van der Waals surface area contributed by atoms with Crippen molar-refractivity contribution >= 4 is 8.32 Å². The molecule has 0 spiro atoms. The van der Waals surface area contributed by atoms with Crippen LogP contribution >= 0.6 is 0 Å². The maximum atomic E-state index is 10.7. The maximum Gasteiger partial charge on any atom is 0.194 e. The second kappa shape index (κ2) is 5.81. The van der Waals surface area contributed by atoms with Gasteiger partial charge in [0, 0.05) is 0 Å². The molecule has 0 heterocycles. The summed E-state index contributed by atoms with van der Waals surface area (Å²) in [5.41, 5.74) is 1.12. The normalized spacial score (nSPS) is 20.8. The van der Waals surface area contributed by atoms with Crippen molar-refractivity contribution in [3.63, 3.8) is 0 Å². The van der Waals surface area contributed by atoms with Crippen molar-refractivity contribution in [2.75, 3.05) is 0 Å². The van der Waals surface area contributed by atoms with Gasteiger partial charge in [-0.2, -0.15) is 0 Å². The molecule has 2 atom stereocenters. The van der Waals surface area contributed by atoms with Gasteiger partial charge in [-0.05, 0) is 17.1 Å². The van der Waals surface area contributed by atoms with E-state index in [1.807, 2.05) is 0 Å². The van der Waals surface area contributed by atoms with Gasteiger partial charge in [0.15, 0.2) is 8.32 Å². The van der Waals surface area contributed by atoms with E-state index < -0.39 is 8.32 Å². The van der Waals surface area contributed by atoms with Gasteiger partial charge in [0.25, 0.3) is 0 Å². The van der Waals surface area contributed by atoms with E-state index in [1.165, 1.54) is 0 Å².